The molecule has 1 aromatic rings. The maximum atomic E-state index is 5.72. The molecule has 2 heterocycles. The van der Waals surface area contributed by atoms with E-state index in [2.05, 4.69) is 44.0 Å². The first-order valence-electron chi connectivity index (χ1n) is 8.02. The van der Waals surface area contributed by atoms with Crippen LogP contribution < -0.4 is 5.32 Å². The second kappa shape index (κ2) is 6.77. The Hall–Kier alpha value is -0.800. The summed E-state index contributed by atoms with van der Waals surface area (Å²) in [5.74, 6) is 2.93. The van der Waals surface area contributed by atoms with Gasteiger partial charge in [0.05, 0.1) is 0 Å². The van der Waals surface area contributed by atoms with Crippen LogP contribution >= 0.6 is 0 Å². The molecule has 3 nitrogen and oxygen atoms in total. The van der Waals surface area contributed by atoms with E-state index in [1.807, 2.05) is 6.92 Å². The van der Waals surface area contributed by atoms with Crippen LogP contribution in [0.4, 0.5) is 0 Å². The minimum Gasteiger partial charge on any atom is -0.466 e. The normalized spacial score (nSPS) is 18.9. The van der Waals surface area contributed by atoms with Gasteiger partial charge in [-0.25, -0.2) is 0 Å². The zero-order valence-electron chi connectivity index (χ0n) is 13.7. The first-order valence-corrected chi connectivity index (χ1v) is 8.02. The minimum atomic E-state index is 0.433. The van der Waals surface area contributed by atoms with Crippen molar-refractivity contribution in [1.82, 2.24) is 10.2 Å². The Balaban J connectivity index is 2.09. The molecule has 0 amide bonds. The molecule has 0 radical (unpaired) electrons. The zero-order valence-corrected chi connectivity index (χ0v) is 13.7. The highest BCUT2D eigenvalue weighted by molar-refractivity contribution is 5.23. The van der Waals surface area contributed by atoms with Gasteiger partial charge in [0.2, 0.25) is 0 Å². The maximum absolute atomic E-state index is 5.72. The van der Waals surface area contributed by atoms with Gasteiger partial charge in [-0.3, -0.25) is 4.90 Å². The van der Waals surface area contributed by atoms with Crippen LogP contribution in [-0.2, 0) is 0 Å². The number of furan rings is 1. The molecule has 1 unspecified atom stereocenters. The standard InChI is InChI=1S/C17H30N2O/c1-12(2)19(11-16-6-8-18-9-7-16)14(4)17-10-13(3)20-15(17)5/h10,12,14,16,18H,6-9,11H2,1-5H3. The highest BCUT2D eigenvalue weighted by atomic mass is 16.3. The molecule has 1 aliphatic rings. The summed E-state index contributed by atoms with van der Waals surface area (Å²) in [5, 5.41) is 3.46. The van der Waals surface area contributed by atoms with Crippen LogP contribution in [0.5, 0.6) is 0 Å². The van der Waals surface area contributed by atoms with Crippen molar-refractivity contribution in [3.05, 3.63) is 23.2 Å². The van der Waals surface area contributed by atoms with Crippen molar-refractivity contribution in [2.45, 2.75) is 59.5 Å². The topological polar surface area (TPSA) is 28.4 Å². The number of hydrogen-bond acceptors (Lipinski definition) is 3. The molecular formula is C17H30N2O. The average Bonchev–Trinajstić information content (AvgIpc) is 2.75. The van der Waals surface area contributed by atoms with Gasteiger partial charge in [0, 0.05) is 24.2 Å². The molecule has 20 heavy (non-hydrogen) atoms. The number of piperidine rings is 1. The molecule has 0 aliphatic carbocycles. The molecule has 0 saturated carbocycles. The van der Waals surface area contributed by atoms with E-state index in [9.17, 15) is 0 Å². The van der Waals surface area contributed by atoms with Gasteiger partial charge in [-0.1, -0.05) is 0 Å². The number of hydrogen-bond donors (Lipinski definition) is 1. The number of aryl methyl sites for hydroxylation is 2. The van der Waals surface area contributed by atoms with Gasteiger partial charge >= 0.3 is 0 Å². The fraction of sp³-hybridized carbons (Fsp3) is 0.765. The van der Waals surface area contributed by atoms with Crippen molar-refractivity contribution >= 4 is 0 Å². The fourth-order valence-electron chi connectivity index (χ4n) is 3.42. The van der Waals surface area contributed by atoms with E-state index in [-0.39, 0.29) is 0 Å². The summed E-state index contributed by atoms with van der Waals surface area (Å²) in [6, 6.07) is 3.20. The summed E-state index contributed by atoms with van der Waals surface area (Å²) in [7, 11) is 0. The molecule has 0 aromatic carbocycles. The van der Waals surface area contributed by atoms with Crippen molar-refractivity contribution in [2.75, 3.05) is 19.6 Å². The average molecular weight is 278 g/mol. The third-order valence-electron chi connectivity index (χ3n) is 4.62. The lowest BCUT2D eigenvalue weighted by Crippen LogP contribution is -2.40. The van der Waals surface area contributed by atoms with E-state index in [4.69, 9.17) is 4.42 Å². The fourth-order valence-corrected chi connectivity index (χ4v) is 3.42. The van der Waals surface area contributed by atoms with Crippen LogP contribution in [-0.4, -0.2) is 30.6 Å². The molecule has 0 bridgehead atoms. The van der Waals surface area contributed by atoms with Gasteiger partial charge in [-0.2, -0.15) is 0 Å². The molecule has 1 atom stereocenters. The molecule has 1 aliphatic heterocycles. The quantitative estimate of drug-likeness (QED) is 0.891. The van der Waals surface area contributed by atoms with Gasteiger partial charge < -0.3 is 9.73 Å². The second-order valence-corrected chi connectivity index (χ2v) is 6.53. The Kier molecular flexibility index (Phi) is 5.28. The first kappa shape index (κ1) is 15.6. The van der Waals surface area contributed by atoms with E-state index in [1.54, 1.807) is 0 Å². The molecule has 1 aromatic heterocycles. The molecular weight excluding hydrogens is 248 g/mol. The van der Waals surface area contributed by atoms with Crippen molar-refractivity contribution in [3.63, 3.8) is 0 Å². The monoisotopic (exact) mass is 278 g/mol. The summed E-state index contributed by atoms with van der Waals surface area (Å²) < 4.78 is 5.72. The largest absolute Gasteiger partial charge is 0.466 e. The van der Waals surface area contributed by atoms with Crippen molar-refractivity contribution in [3.8, 4) is 0 Å². The highest BCUT2D eigenvalue weighted by Gasteiger charge is 2.25. The molecule has 3 heteroatoms. The maximum Gasteiger partial charge on any atom is 0.105 e. The predicted octanol–water partition coefficient (Wildman–Crippen LogP) is 3.67. The van der Waals surface area contributed by atoms with Crippen LogP contribution in [0.3, 0.4) is 0 Å². The molecule has 2 rings (SSSR count). The number of rotatable bonds is 5. The van der Waals surface area contributed by atoms with Crippen molar-refractivity contribution in [1.29, 1.82) is 0 Å². The summed E-state index contributed by atoms with van der Waals surface area (Å²) >= 11 is 0. The van der Waals surface area contributed by atoms with E-state index in [1.165, 1.54) is 38.0 Å². The Bertz CT molecular complexity index is 419. The summed E-state index contributed by atoms with van der Waals surface area (Å²) in [6.07, 6.45) is 2.61. The summed E-state index contributed by atoms with van der Waals surface area (Å²) in [4.78, 5) is 2.63. The van der Waals surface area contributed by atoms with Crippen molar-refractivity contribution < 1.29 is 4.42 Å². The molecule has 0 spiro atoms. The van der Waals surface area contributed by atoms with Gasteiger partial charge in [-0.15, -0.1) is 0 Å². The second-order valence-electron chi connectivity index (χ2n) is 6.53. The predicted molar refractivity (Wildman–Crippen MR) is 84.0 cm³/mol. The van der Waals surface area contributed by atoms with Crippen LogP contribution in [0.25, 0.3) is 0 Å². The van der Waals surface area contributed by atoms with Crippen LogP contribution in [0.2, 0.25) is 0 Å². The Labute approximate surface area is 123 Å². The molecule has 1 N–H and O–H groups in total. The lowest BCUT2D eigenvalue weighted by molar-refractivity contribution is 0.124. The summed E-state index contributed by atoms with van der Waals surface area (Å²) in [6.45, 7) is 14.6. The zero-order chi connectivity index (χ0) is 14.7. The van der Waals surface area contributed by atoms with Gasteiger partial charge in [0.25, 0.3) is 0 Å². The van der Waals surface area contributed by atoms with E-state index < -0.39 is 0 Å². The van der Waals surface area contributed by atoms with E-state index in [0.29, 0.717) is 12.1 Å². The lowest BCUT2D eigenvalue weighted by atomic mass is 9.95. The Morgan fingerprint density at radius 2 is 1.90 bits per heavy atom. The highest BCUT2D eigenvalue weighted by Crippen LogP contribution is 2.29. The van der Waals surface area contributed by atoms with Crippen molar-refractivity contribution in [2.24, 2.45) is 5.92 Å². The SMILES string of the molecule is Cc1cc(C(C)N(CC2CCNCC2)C(C)C)c(C)o1. The minimum absolute atomic E-state index is 0.433. The van der Waals surface area contributed by atoms with Gasteiger partial charge in [-0.05, 0) is 72.5 Å². The number of nitrogens with zero attached hydrogens (tertiary/aromatic N) is 1. The lowest BCUT2D eigenvalue weighted by Gasteiger charge is -2.37. The first-order chi connectivity index (χ1) is 9.49. The number of nitrogens with one attached hydrogen (secondary N) is 1. The smallest absolute Gasteiger partial charge is 0.105 e. The van der Waals surface area contributed by atoms with Gasteiger partial charge in [0.1, 0.15) is 11.5 Å². The van der Waals surface area contributed by atoms with E-state index >= 15 is 0 Å². The van der Waals surface area contributed by atoms with E-state index in [0.717, 1.165) is 17.4 Å². The Morgan fingerprint density at radius 3 is 2.40 bits per heavy atom. The third kappa shape index (κ3) is 3.64. The molecule has 1 fully saturated rings. The molecule has 114 valence electrons. The van der Waals surface area contributed by atoms with Gasteiger partial charge in [0.15, 0.2) is 0 Å². The van der Waals surface area contributed by atoms with Crippen LogP contribution in [0.15, 0.2) is 10.5 Å². The van der Waals surface area contributed by atoms with Crippen LogP contribution in [0, 0.1) is 19.8 Å². The third-order valence-corrected chi connectivity index (χ3v) is 4.62. The molecule has 1 saturated heterocycles. The summed E-state index contributed by atoms with van der Waals surface area (Å²) in [5.41, 5.74) is 1.35. The Morgan fingerprint density at radius 1 is 1.25 bits per heavy atom. The van der Waals surface area contributed by atoms with Crippen LogP contribution in [0.1, 0.15) is 56.7 Å².